The van der Waals surface area contributed by atoms with Gasteiger partial charge in [-0.05, 0) is 57.8 Å². The van der Waals surface area contributed by atoms with Crippen LogP contribution < -0.4 is 0 Å². The van der Waals surface area contributed by atoms with Crippen molar-refractivity contribution in [2.45, 2.75) is 245 Å². The highest BCUT2D eigenvalue weighted by Gasteiger charge is 2.19. The van der Waals surface area contributed by atoms with Gasteiger partial charge in [0.1, 0.15) is 13.2 Å². The third kappa shape index (κ3) is 51.2. The Kier molecular flexibility index (Phi) is 50.0. The Morgan fingerprint density at radius 1 is 0.323 bits per heavy atom. The molecule has 0 fully saturated rings. The van der Waals surface area contributed by atoms with Gasteiger partial charge in [-0.25, -0.2) is 0 Å². The molecule has 0 aromatic rings. The maximum absolute atomic E-state index is 12.8. The highest BCUT2D eigenvalue weighted by atomic mass is 16.6. The van der Waals surface area contributed by atoms with Crippen LogP contribution in [0.15, 0.2) is 97.2 Å². The summed E-state index contributed by atoms with van der Waals surface area (Å²) in [5.41, 5.74) is 0. The maximum atomic E-state index is 12.8. The molecule has 0 aliphatic heterocycles. The summed E-state index contributed by atoms with van der Waals surface area (Å²) in [6, 6.07) is 0. The summed E-state index contributed by atoms with van der Waals surface area (Å²) >= 11 is 0. The number of rotatable bonds is 47. The number of allylic oxidation sites excluding steroid dienone is 16. The molecular formula is C59H98O6. The SMILES string of the molecule is CC\C=C/C=C\C=C/CCCCCCCCCC(=O)OC(COC(=O)CCCCCCC\C=C/C=C\C=C/C=C\C=C/CCC)COC(=O)CCCCCCCCCCCCCCCC. The summed E-state index contributed by atoms with van der Waals surface area (Å²) in [6.45, 7) is 6.39. The van der Waals surface area contributed by atoms with Gasteiger partial charge in [0.25, 0.3) is 0 Å². The third-order valence-corrected chi connectivity index (χ3v) is 11.2. The molecule has 0 amide bonds. The molecule has 0 N–H and O–H groups in total. The lowest BCUT2D eigenvalue weighted by Gasteiger charge is -2.18. The van der Waals surface area contributed by atoms with Gasteiger partial charge >= 0.3 is 17.9 Å². The van der Waals surface area contributed by atoms with Crippen molar-refractivity contribution < 1.29 is 28.6 Å². The van der Waals surface area contributed by atoms with Crippen molar-refractivity contribution in [3.05, 3.63) is 97.2 Å². The van der Waals surface area contributed by atoms with E-state index in [1.807, 2.05) is 24.3 Å². The summed E-state index contributed by atoms with van der Waals surface area (Å²) < 4.78 is 16.8. The van der Waals surface area contributed by atoms with Crippen LogP contribution >= 0.6 is 0 Å². The molecule has 0 aromatic heterocycles. The van der Waals surface area contributed by atoms with E-state index in [2.05, 4.69) is 93.7 Å². The lowest BCUT2D eigenvalue weighted by atomic mass is 10.0. The van der Waals surface area contributed by atoms with E-state index in [-0.39, 0.29) is 31.1 Å². The number of ether oxygens (including phenoxy) is 3. The second-order valence-corrected chi connectivity index (χ2v) is 17.6. The van der Waals surface area contributed by atoms with Gasteiger partial charge in [-0.1, -0.05) is 259 Å². The van der Waals surface area contributed by atoms with Crippen molar-refractivity contribution in [1.29, 1.82) is 0 Å². The van der Waals surface area contributed by atoms with E-state index < -0.39 is 6.10 Å². The molecule has 0 saturated heterocycles. The zero-order chi connectivity index (χ0) is 47.2. The van der Waals surface area contributed by atoms with Gasteiger partial charge in [-0.3, -0.25) is 14.4 Å². The Labute approximate surface area is 400 Å². The van der Waals surface area contributed by atoms with Gasteiger partial charge in [-0.15, -0.1) is 0 Å². The molecule has 0 bridgehead atoms. The van der Waals surface area contributed by atoms with Crippen LogP contribution in [0.5, 0.6) is 0 Å². The fraction of sp³-hybridized carbons (Fsp3) is 0.678. The average Bonchev–Trinajstić information content (AvgIpc) is 3.30. The van der Waals surface area contributed by atoms with E-state index in [0.717, 1.165) is 103 Å². The Hall–Kier alpha value is -3.67. The topological polar surface area (TPSA) is 78.9 Å². The molecule has 0 radical (unpaired) electrons. The van der Waals surface area contributed by atoms with Gasteiger partial charge in [-0.2, -0.15) is 0 Å². The minimum Gasteiger partial charge on any atom is -0.462 e. The number of carbonyl (C=O) groups is 3. The van der Waals surface area contributed by atoms with Crippen molar-refractivity contribution >= 4 is 17.9 Å². The number of unbranched alkanes of at least 4 members (excludes halogenated alkanes) is 26. The normalized spacial score (nSPS) is 12.8. The molecule has 0 aliphatic rings. The van der Waals surface area contributed by atoms with Crippen molar-refractivity contribution in [2.75, 3.05) is 13.2 Å². The molecule has 0 aliphatic carbocycles. The Balaban J connectivity index is 4.46. The quantitative estimate of drug-likeness (QED) is 0.0262. The van der Waals surface area contributed by atoms with Crippen LogP contribution in [-0.2, 0) is 28.6 Å². The molecule has 0 heterocycles. The van der Waals surface area contributed by atoms with E-state index in [9.17, 15) is 14.4 Å². The second kappa shape index (κ2) is 52.9. The smallest absolute Gasteiger partial charge is 0.306 e. The van der Waals surface area contributed by atoms with Crippen LogP contribution in [0.25, 0.3) is 0 Å². The van der Waals surface area contributed by atoms with E-state index in [0.29, 0.717) is 19.3 Å². The molecule has 0 spiro atoms. The summed E-state index contributed by atoms with van der Waals surface area (Å²) in [5.74, 6) is -0.927. The van der Waals surface area contributed by atoms with Crippen LogP contribution in [0.2, 0.25) is 0 Å². The maximum Gasteiger partial charge on any atom is 0.306 e. The number of hydrogen-bond donors (Lipinski definition) is 0. The van der Waals surface area contributed by atoms with Crippen LogP contribution in [0.3, 0.4) is 0 Å². The molecule has 65 heavy (non-hydrogen) atoms. The summed E-state index contributed by atoms with van der Waals surface area (Å²) in [6.07, 6.45) is 69.5. The monoisotopic (exact) mass is 903 g/mol. The minimum atomic E-state index is -0.794. The molecule has 0 rings (SSSR count). The third-order valence-electron chi connectivity index (χ3n) is 11.2. The summed E-state index contributed by atoms with van der Waals surface area (Å²) in [4.78, 5) is 38.1. The number of esters is 3. The van der Waals surface area contributed by atoms with Crippen molar-refractivity contribution in [2.24, 2.45) is 0 Å². The van der Waals surface area contributed by atoms with Crippen LogP contribution in [0.4, 0.5) is 0 Å². The average molecular weight is 903 g/mol. The molecule has 1 atom stereocenters. The molecule has 370 valence electrons. The highest BCUT2D eigenvalue weighted by Crippen LogP contribution is 2.15. The lowest BCUT2D eigenvalue weighted by Crippen LogP contribution is -2.30. The standard InChI is InChI=1S/C59H98O6/c1-4-7-10-13-16-19-22-25-28-29-30-32-34-37-40-43-46-49-52-58(61)64-55-56(54-63-57(60)51-48-45-42-39-36-33-27-24-21-18-15-12-9-6-3)65-59(62)53-50-47-44-41-38-35-31-26-23-20-17-14-11-8-5-2/h8,10-11,13-14,16-17,19-20,22-23,25,28-30,32,56H,4-7,9,12,15,18,21,24,26-27,31,33-55H2,1-3H3/b11-8-,13-10-,17-14-,19-16-,23-20-,25-22-,29-28-,32-30-. The largest absolute Gasteiger partial charge is 0.462 e. The van der Waals surface area contributed by atoms with Gasteiger partial charge in [0, 0.05) is 19.3 Å². The van der Waals surface area contributed by atoms with Crippen LogP contribution in [-0.4, -0.2) is 37.2 Å². The van der Waals surface area contributed by atoms with Crippen LogP contribution in [0, 0.1) is 0 Å². The van der Waals surface area contributed by atoms with Gasteiger partial charge in [0.15, 0.2) is 6.10 Å². The van der Waals surface area contributed by atoms with Crippen molar-refractivity contribution in [3.8, 4) is 0 Å². The van der Waals surface area contributed by atoms with E-state index >= 15 is 0 Å². The Morgan fingerprint density at radius 3 is 1.00 bits per heavy atom. The molecule has 1 unspecified atom stereocenters. The fourth-order valence-electron chi connectivity index (χ4n) is 7.24. The lowest BCUT2D eigenvalue weighted by molar-refractivity contribution is -0.167. The zero-order valence-corrected chi connectivity index (χ0v) is 42.2. The molecule has 0 aromatic carbocycles. The Morgan fingerprint density at radius 2 is 0.631 bits per heavy atom. The van der Waals surface area contributed by atoms with E-state index in [1.54, 1.807) is 0 Å². The van der Waals surface area contributed by atoms with E-state index in [4.69, 9.17) is 14.2 Å². The first-order valence-corrected chi connectivity index (χ1v) is 26.8. The first-order chi connectivity index (χ1) is 32.0. The molecule has 6 heteroatoms. The predicted octanol–water partition coefficient (Wildman–Crippen LogP) is 17.8. The predicted molar refractivity (Wildman–Crippen MR) is 279 cm³/mol. The van der Waals surface area contributed by atoms with Crippen molar-refractivity contribution in [1.82, 2.24) is 0 Å². The summed E-state index contributed by atoms with van der Waals surface area (Å²) in [5, 5.41) is 0. The molecular weight excluding hydrogens is 805 g/mol. The summed E-state index contributed by atoms with van der Waals surface area (Å²) in [7, 11) is 0. The molecule has 6 nitrogen and oxygen atoms in total. The first-order valence-electron chi connectivity index (χ1n) is 26.8. The van der Waals surface area contributed by atoms with Gasteiger partial charge in [0.2, 0.25) is 0 Å². The minimum absolute atomic E-state index is 0.0901. The Bertz CT molecular complexity index is 1310. The van der Waals surface area contributed by atoms with E-state index in [1.165, 1.54) is 96.3 Å². The zero-order valence-electron chi connectivity index (χ0n) is 42.2. The van der Waals surface area contributed by atoms with Gasteiger partial charge in [0.05, 0.1) is 0 Å². The number of carbonyl (C=O) groups excluding carboxylic acids is 3. The molecule has 0 saturated carbocycles. The fourth-order valence-corrected chi connectivity index (χ4v) is 7.24. The first kappa shape index (κ1) is 61.3. The van der Waals surface area contributed by atoms with Gasteiger partial charge < -0.3 is 14.2 Å². The van der Waals surface area contributed by atoms with Crippen LogP contribution in [0.1, 0.15) is 239 Å². The number of hydrogen-bond acceptors (Lipinski definition) is 6. The second-order valence-electron chi connectivity index (χ2n) is 17.6. The van der Waals surface area contributed by atoms with Crippen molar-refractivity contribution in [3.63, 3.8) is 0 Å². The highest BCUT2D eigenvalue weighted by molar-refractivity contribution is 5.71.